The molecular formula is C15H17F3N2O3. The van der Waals surface area contributed by atoms with Gasteiger partial charge in [0.15, 0.2) is 0 Å². The summed E-state index contributed by atoms with van der Waals surface area (Å²) < 4.78 is 43.1. The number of rotatable bonds is 5. The van der Waals surface area contributed by atoms with Gasteiger partial charge in [-0.15, -0.1) is 0 Å². The Balaban J connectivity index is 2.09. The number of halogens is 3. The van der Waals surface area contributed by atoms with Crippen molar-refractivity contribution in [2.24, 2.45) is 5.92 Å². The van der Waals surface area contributed by atoms with Crippen molar-refractivity contribution in [1.82, 2.24) is 5.32 Å². The molecule has 0 aromatic heterocycles. The molecule has 1 unspecified atom stereocenters. The Morgan fingerprint density at radius 3 is 2.83 bits per heavy atom. The van der Waals surface area contributed by atoms with Crippen LogP contribution in [0.15, 0.2) is 24.3 Å². The molecule has 1 N–H and O–H groups in total. The van der Waals surface area contributed by atoms with Crippen molar-refractivity contribution in [3.05, 3.63) is 29.8 Å². The summed E-state index contributed by atoms with van der Waals surface area (Å²) in [4.78, 5) is 25.5. The highest BCUT2D eigenvalue weighted by Crippen LogP contribution is 2.33. The molecular weight excluding hydrogens is 313 g/mol. The minimum atomic E-state index is -4.48. The van der Waals surface area contributed by atoms with E-state index in [1.54, 1.807) is 0 Å². The Morgan fingerprint density at radius 2 is 2.17 bits per heavy atom. The Hall–Kier alpha value is -2.09. The van der Waals surface area contributed by atoms with Gasteiger partial charge in [0, 0.05) is 25.9 Å². The molecule has 1 atom stereocenters. The van der Waals surface area contributed by atoms with Crippen molar-refractivity contribution >= 4 is 17.5 Å². The van der Waals surface area contributed by atoms with Crippen molar-refractivity contribution in [3.8, 4) is 0 Å². The smallest absolute Gasteiger partial charge is 0.383 e. The van der Waals surface area contributed by atoms with E-state index in [2.05, 4.69) is 5.32 Å². The van der Waals surface area contributed by atoms with Gasteiger partial charge in [-0.3, -0.25) is 9.59 Å². The molecule has 1 aromatic carbocycles. The molecule has 1 fully saturated rings. The van der Waals surface area contributed by atoms with E-state index in [4.69, 9.17) is 4.74 Å². The lowest BCUT2D eigenvalue weighted by molar-refractivity contribution is -0.138. The molecule has 1 aliphatic heterocycles. The van der Waals surface area contributed by atoms with E-state index < -0.39 is 29.5 Å². The molecule has 0 bridgehead atoms. The van der Waals surface area contributed by atoms with Crippen LogP contribution in [0.1, 0.15) is 12.0 Å². The van der Waals surface area contributed by atoms with Crippen LogP contribution in [-0.4, -0.2) is 38.6 Å². The third-order valence-corrected chi connectivity index (χ3v) is 3.61. The summed E-state index contributed by atoms with van der Waals surface area (Å²) >= 11 is 0. The van der Waals surface area contributed by atoms with Crippen molar-refractivity contribution in [2.45, 2.75) is 12.6 Å². The van der Waals surface area contributed by atoms with E-state index in [0.29, 0.717) is 6.61 Å². The zero-order valence-electron chi connectivity index (χ0n) is 12.5. The van der Waals surface area contributed by atoms with Gasteiger partial charge in [-0.1, -0.05) is 6.07 Å². The summed E-state index contributed by atoms with van der Waals surface area (Å²) in [5, 5.41) is 2.57. The first-order valence-electron chi connectivity index (χ1n) is 7.10. The zero-order valence-corrected chi connectivity index (χ0v) is 12.5. The maximum absolute atomic E-state index is 12.8. The predicted octanol–water partition coefficient (Wildman–Crippen LogP) is 1.82. The molecule has 126 valence electrons. The summed E-state index contributed by atoms with van der Waals surface area (Å²) in [6.45, 7) is 0.815. The third kappa shape index (κ3) is 4.01. The topological polar surface area (TPSA) is 58.6 Å². The lowest BCUT2D eigenvalue weighted by Gasteiger charge is -2.18. The molecule has 1 aromatic rings. The summed E-state index contributed by atoms with van der Waals surface area (Å²) in [5.74, 6) is -1.79. The number of benzene rings is 1. The van der Waals surface area contributed by atoms with Gasteiger partial charge in [0.25, 0.3) is 0 Å². The number of alkyl halides is 3. The second-order valence-electron chi connectivity index (χ2n) is 5.16. The molecule has 2 amide bonds. The second kappa shape index (κ2) is 6.99. The van der Waals surface area contributed by atoms with Gasteiger partial charge in [-0.25, -0.2) is 0 Å². The second-order valence-corrected chi connectivity index (χ2v) is 5.16. The van der Waals surface area contributed by atoms with Gasteiger partial charge in [0.2, 0.25) is 11.8 Å². The molecule has 1 aliphatic rings. The fraction of sp³-hybridized carbons (Fsp3) is 0.467. The minimum absolute atomic E-state index is 0.150. The Kier molecular flexibility index (Phi) is 5.25. The number of amides is 2. The van der Waals surface area contributed by atoms with Crippen molar-refractivity contribution in [2.75, 3.05) is 31.7 Å². The van der Waals surface area contributed by atoms with Gasteiger partial charge >= 0.3 is 6.18 Å². The normalized spacial score (nSPS) is 18.3. The van der Waals surface area contributed by atoms with Gasteiger partial charge in [-0.05, 0) is 24.6 Å². The number of carbonyl (C=O) groups is 2. The standard InChI is InChI=1S/C15H17F3N2O3/c1-23-8-6-19-13(21)12-5-7-20(14(12)22)11-4-2-3-10(9-11)15(16,17)18/h2-4,9,12H,5-8H2,1H3,(H,19,21). The Labute approximate surface area is 131 Å². The monoisotopic (exact) mass is 330 g/mol. The van der Waals surface area contributed by atoms with Crippen LogP contribution in [0.3, 0.4) is 0 Å². The van der Waals surface area contributed by atoms with Gasteiger partial charge < -0.3 is 15.0 Å². The van der Waals surface area contributed by atoms with Crippen molar-refractivity contribution in [3.63, 3.8) is 0 Å². The molecule has 0 spiro atoms. The molecule has 8 heteroatoms. The van der Waals surface area contributed by atoms with Gasteiger partial charge in [0.1, 0.15) is 5.92 Å². The fourth-order valence-corrected chi connectivity index (χ4v) is 2.43. The number of hydrogen-bond donors (Lipinski definition) is 1. The summed E-state index contributed by atoms with van der Waals surface area (Å²) in [6, 6.07) is 4.54. The molecule has 1 heterocycles. The van der Waals surface area contributed by atoms with Crippen LogP contribution in [0.2, 0.25) is 0 Å². The average Bonchev–Trinajstić information content (AvgIpc) is 2.88. The van der Waals surface area contributed by atoms with E-state index in [1.165, 1.54) is 24.1 Å². The molecule has 5 nitrogen and oxygen atoms in total. The van der Waals surface area contributed by atoms with E-state index in [0.717, 1.165) is 12.1 Å². The van der Waals surface area contributed by atoms with Crippen LogP contribution in [0.25, 0.3) is 0 Å². The van der Waals surface area contributed by atoms with Crippen LogP contribution in [0.5, 0.6) is 0 Å². The maximum Gasteiger partial charge on any atom is 0.416 e. The van der Waals surface area contributed by atoms with E-state index in [-0.39, 0.29) is 25.2 Å². The summed E-state index contributed by atoms with van der Waals surface area (Å²) in [7, 11) is 1.49. The first kappa shape index (κ1) is 17.3. The molecule has 23 heavy (non-hydrogen) atoms. The SMILES string of the molecule is COCCNC(=O)C1CCN(c2cccc(C(F)(F)F)c2)C1=O. The maximum atomic E-state index is 12.8. The predicted molar refractivity (Wildman–Crippen MR) is 76.8 cm³/mol. The van der Waals surface area contributed by atoms with Crippen LogP contribution >= 0.6 is 0 Å². The first-order chi connectivity index (χ1) is 10.8. The number of nitrogens with zero attached hydrogens (tertiary/aromatic N) is 1. The molecule has 0 aliphatic carbocycles. The lowest BCUT2D eigenvalue weighted by atomic mass is 10.1. The Morgan fingerprint density at radius 1 is 1.43 bits per heavy atom. The summed E-state index contributed by atoms with van der Waals surface area (Å²) in [6.07, 6.45) is -4.20. The number of ether oxygens (including phenoxy) is 1. The average molecular weight is 330 g/mol. The highest BCUT2D eigenvalue weighted by Gasteiger charge is 2.38. The number of anilines is 1. The third-order valence-electron chi connectivity index (χ3n) is 3.61. The van der Waals surface area contributed by atoms with E-state index in [9.17, 15) is 22.8 Å². The van der Waals surface area contributed by atoms with Crippen LogP contribution < -0.4 is 10.2 Å². The highest BCUT2D eigenvalue weighted by atomic mass is 19.4. The first-order valence-corrected chi connectivity index (χ1v) is 7.10. The largest absolute Gasteiger partial charge is 0.416 e. The number of carbonyl (C=O) groups excluding carboxylic acids is 2. The number of hydrogen-bond acceptors (Lipinski definition) is 3. The zero-order chi connectivity index (χ0) is 17.0. The molecule has 0 radical (unpaired) electrons. The van der Waals surface area contributed by atoms with Crippen LogP contribution in [0.4, 0.5) is 18.9 Å². The van der Waals surface area contributed by atoms with Gasteiger partial charge in [-0.2, -0.15) is 13.2 Å². The van der Waals surface area contributed by atoms with Crippen molar-refractivity contribution in [1.29, 1.82) is 0 Å². The van der Waals surface area contributed by atoms with Crippen LogP contribution in [0, 0.1) is 5.92 Å². The van der Waals surface area contributed by atoms with E-state index in [1.807, 2.05) is 0 Å². The Bertz CT molecular complexity index is 590. The number of nitrogens with one attached hydrogen (secondary N) is 1. The minimum Gasteiger partial charge on any atom is -0.383 e. The molecule has 1 saturated heterocycles. The van der Waals surface area contributed by atoms with Crippen molar-refractivity contribution < 1.29 is 27.5 Å². The lowest BCUT2D eigenvalue weighted by Crippen LogP contribution is -2.38. The highest BCUT2D eigenvalue weighted by molar-refractivity contribution is 6.09. The summed E-state index contributed by atoms with van der Waals surface area (Å²) in [5.41, 5.74) is -0.673. The molecule has 2 rings (SSSR count). The quantitative estimate of drug-likeness (QED) is 0.662. The fourth-order valence-electron chi connectivity index (χ4n) is 2.43. The van der Waals surface area contributed by atoms with Crippen LogP contribution in [-0.2, 0) is 20.5 Å². The number of methoxy groups -OCH3 is 1. The molecule has 0 saturated carbocycles. The van der Waals surface area contributed by atoms with E-state index >= 15 is 0 Å². The van der Waals surface area contributed by atoms with Gasteiger partial charge in [0.05, 0.1) is 12.2 Å².